The molecule has 3 aromatic heterocycles. The Morgan fingerprint density at radius 3 is 2.62 bits per heavy atom. The molecule has 4 aromatic rings. The van der Waals surface area contributed by atoms with Crippen molar-refractivity contribution in [3.63, 3.8) is 0 Å². The molecular weight excluding hydrogens is 338 g/mol. The molecule has 0 amide bonds. The van der Waals surface area contributed by atoms with Gasteiger partial charge in [0.1, 0.15) is 11.5 Å². The average Bonchev–Trinajstić information content (AvgIpc) is 3.22. The van der Waals surface area contributed by atoms with Crippen molar-refractivity contribution < 1.29 is 9.34 Å². The van der Waals surface area contributed by atoms with Crippen molar-refractivity contribution in [1.82, 2.24) is 25.0 Å². The number of nitrogen functional groups attached to an aromatic ring is 1. The molecule has 0 fully saturated rings. The Kier molecular flexibility index (Phi) is 3.57. The van der Waals surface area contributed by atoms with Crippen LogP contribution in [-0.2, 0) is 0 Å². The molecule has 130 valence electrons. The molecule has 0 saturated heterocycles. The zero-order valence-electron chi connectivity index (χ0n) is 13.6. The third-order valence-electron chi connectivity index (χ3n) is 3.84. The largest absolute Gasteiger partial charge is 0.460 e. The van der Waals surface area contributed by atoms with Crippen LogP contribution < -0.4 is 5.73 Å². The lowest BCUT2D eigenvalue weighted by atomic mass is 10.2. The molecule has 10 nitrogen and oxygen atoms in total. The number of fused-ring (bicyclic) bond motifs is 1. The summed E-state index contributed by atoms with van der Waals surface area (Å²) in [6, 6.07) is 12.0. The van der Waals surface area contributed by atoms with E-state index in [1.54, 1.807) is 49.4 Å². The van der Waals surface area contributed by atoms with Crippen LogP contribution in [0.4, 0.5) is 5.95 Å². The van der Waals surface area contributed by atoms with Crippen LogP contribution >= 0.6 is 0 Å². The maximum atomic E-state index is 11.7. The molecule has 10 heteroatoms. The first kappa shape index (κ1) is 15.7. The summed E-state index contributed by atoms with van der Waals surface area (Å²) < 4.78 is 6.70. The lowest BCUT2D eigenvalue weighted by molar-refractivity contribution is -0.537. The van der Waals surface area contributed by atoms with Crippen LogP contribution in [0.5, 0.6) is 0 Å². The highest BCUT2D eigenvalue weighted by atomic mass is 16.6. The van der Waals surface area contributed by atoms with E-state index in [0.29, 0.717) is 22.8 Å². The number of anilines is 1. The molecule has 2 N–H and O–H groups in total. The number of aromatic nitrogens is 5. The van der Waals surface area contributed by atoms with E-state index in [0.717, 1.165) is 4.68 Å². The van der Waals surface area contributed by atoms with E-state index in [-0.39, 0.29) is 17.1 Å². The van der Waals surface area contributed by atoms with Crippen molar-refractivity contribution in [3.8, 4) is 11.5 Å². The molecule has 0 radical (unpaired) electrons. The highest BCUT2D eigenvalue weighted by molar-refractivity contribution is 5.86. The summed E-state index contributed by atoms with van der Waals surface area (Å²) in [6.45, 7) is 1.79. The molecule has 1 aromatic carbocycles. The molecule has 0 saturated carbocycles. The Morgan fingerprint density at radius 2 is 1.96 bits per heavy atom. The second-order valence-corrected chi connectivity index (χ2v) is 5.62. The van der Waals surface area contributed by atoms with Crippen molar-refractivity contribution in [2.24, 2.45) is 0 Å². The molecule has 3 heterocycles. The summed E-state index contributed by atoms with van der Waals surface area (Å²) in [5.74, 6) is 1.07. The Bertz CT molecular complexity index is 1100. The predicted molar refractivity (Wildman–Crippen MR) is 91.5 cm³/mol. The summed E-state index contributed by atoms with van der Waals surface area (Å²) in [6.07, 6.45) is -1.29. The van der Waals surface area contributed by atoms with E-state index in [2.05, 4.69) is 20.3 Å². The molecule has 0 aliphatic heterocycles. The maximum Gasteiger partial charge on any atom is 0.334 e. The number of nitro groups is 1. The fourth-order valence-corrected chi connectivity index (χ4v) is 2.72. The van der Waals surface area contributed by atoms with Crippen LogP contribution in [0.25, 0.3) is 22.6 Å². The third-order valence-corrected chi connectivity index (χ3v) is 3.84. The van der Waals surface area contributed by atoms with Gasteiger partial charge in [0.15, 0.2) is 16.9 Å². The van der Waals surface area contributed by atoms with Gasteiger partial charge in [0, 0.05) is 5.56 Å². The predicted octanol–water partition coefficient (Wildman–Crippen LogP) is 2.20. The fourth-order valence-electron chi connectivity index (χ4n) is 2.72. The molecule has 1 atom stereocenters. The van der Waals surface area contributed by atoms with Gasteiger partial charge < -0.3 is 10.2 Å². The van der Waals surface area contributed by atoms with E-state index in [4.69, 9.17) is 10.2 Å². The molecule has 1 unspecified atom stereocenters. The topological polar surface area (TPSA) is 139 Å². The molecule has 26 heavy (non-hydrogen) atoms. The van der Waals surface area contributed by atoms with Crippen LogP contribution in [-0.4, -0.2) is 29.9 Å². The maximum absolute atomic E-state index is 11.7. The van der Waals surface area contributed by atoms with Crippen molar-refractivity contribution in [3.05, 3.63) is 63.9 Å². The zero-order chi connectivity index (χ0) is 18.3. The van der Waals surface area contributed by atoms with Crippen molar-refractivity contribution >= 4 is 17.1 Å². The number of hydrogen-bond acceptors (Lipinski definition) is 8. The number of rotatable bonds is 4. The number of aryl methyl sites for hydroxylation is 1. The average molecular weight is 351 g/mol. The monoisotopic (exact) mass is 351 g/mol. The van der Waals surface area contributed by atoms with Gasteiger partial charge in [-0.3, -0.25) is 10.1 Å². The lowest BCUT2D eigenvalue weighted by Crippen LogP contribution is -2.21. The molecule has 0 aliphatic carbocycles. The van der Waals surface area contributed by atoms with Gasteiger partial charge in [0.25, 0.3) is 0 Å². The van der Waals surface area contributed by atoms with Crippen LogP contribution in [0.1, 0.15) is 17.5 Å². The number of hydrogen-bond donors (Lipinski definition) is 1. The van der Waals surface area contributed by atoms with Crippen LogP contribution in [0.2, 0.25) is 0 Å². The summed E-state index contributed by atoms with van der Waals surface area (Å²) in [5.41, 5.74) is 7.02. The van der Waals surface area contributed by atoms with Crippen molar-refractivity contribution in [2.45, 2.75) is 13.1 Å². The fraction of sp³-hybridized carbons (Fsp3) is 0.125. The van der Waals surface area contributed by atoms with Gasteiger partial charge in [-0.1, -0.05) is 35.5 Å². The van der Waals surface area contributed by atoms with Gasteiger partial charge in [0.05, 0.1) is 4.92 Å². The van der Waals surface area contributed by atoms with Crippen LogP contribution in [0.15, 0.2) is 46.9 Å². The molecule has 0 spiro atoms. The Morgan fingerprint density at radius 1 is 1.19 bits per heavy atom. The number of benzene rings is 1. The number of furan rings is 1. The SMILES string of the molecule is Cc1ccc(-c2nc(N)nc3c2nnn3C(c2ccccc2)[N+](=O)[O-])o1. The standard InChI is InChI=1S/C16H13N7O3/c1-9-7-8-11(26-9)12-13-14(19-16(17)18-12)22(21-20-13)15(23(24)25)10-5-3-2-4-6-10/h2-8,15H,1H3,(H2,17,18,19). The molecule has 4 rings (SSSR count). The zero-order valence-corrected chi connectivity index (χ0v) is 13.6. The summed E-state index contributed by atoms with van der Waals surface area (Å²) in [5, 5.41) is 19.7. The van der Waals surface area contributed by atoms with Crippen LogP contribution in [0, 0.1) is 17.0 Å². The Labute approximate surface area is 146 Å². The quantitative estimate of drug-likeness (QED) is 0.436. The van der Waals surface area contributed by atoms with E-state index in [9.17, 15) is 10.1 Å². The number of nitrogens with zero attached hydrogens (tertiary/aromatic N) is 6. The van der Waals surface area contributed by atoms with Crippen molar-refractivity contribution in [2.75, 3.05) is 5.73 Å². The first-order valence-corrected chi connectivity index (χ1v) is 7.68. The first-order chi connectivity index (χ1) is 12.5. The van der Waals surface area contributed by atoms with Gasteiger partial charge in [-0.05, 0) is 19.1 Å². The van der Waals surface area contributed by atoms with Gasteiger partial charge in [-0.25, -0.2) is 4.98 Å². The van der Waals surface area contributed by atoms with Gasteiger partial charge in [-0.15, -0.1) is 5.10 Å². The second kappa shape index (κ2) is 5.92. The molecular formula is C16H13N7O3. The smallest absolute Gasteiger partial charge is 0.334 e. The minimum Gasteiger partial charge on any atom is -0.460 e. The second-order valence-electron chi connectivity index (χ2n) is 5.62. The highest BCUT2D eigenvalue weighted by Gasteiger charge is 2.30. The van der Waals surface area contributed by atoms with E-state index in [1.807, 2.05) is 0 Å². The van der Waals surface area contributed by atoms with E-state index >= 15 is 0 Å². The first-order valence-electron chi connectivity index (χ1n) is 7.68. The summed E-state index contributed by atoms with van der Waals surface area (Å²) >= 11 is 0. The lowest BCUT2D eigenvalue weighted by Gasteiger charge is -2.10. The van der Waals surface area contributed by atoms with Gasteiger partial charge >= 0.3 is 6.17 Å². The molecule has 0 bridgehead atoms. The third kappa shape index (κ3) is 2.53. The highest BCUT2D eigenvalue weighted by Crippen LogP contribution is 2.29. The normalized spacial score (nSPS) is 12.3. The Balaban J connectivity index is 1.95. The molecule has 0 aliphatic rings. The van der Waals surface area contributed by atoms with Gasteiger partial charge in [-0.2, -0.15) is 9.67 Å². The summed E-state index contributed by atoms with van der Waals surface area (Å²) in [4.78, 5) is 19.5. The van der Waals surface area contributed by atoms with Crippen LogP contribution in [0.3, 0.4) is 0 Å². The van der Waals surface area contributed by atoms with E-state index < -0.39 is 11.1 Å². The minimum atomic E-state index is -1.29. The van der Waals surface area contributed by atoms with E-state index in [1.165, 1.54) is 0 Å². The minimum absolute atomic E-state index is 0.0553. The number of nitrogens with two attached hydrogens (primary N) is 1. The Hall–Kier alpha value is -3.82. The summed E-state index contributed by atoms with van der Waals surface area (Å²) in [7, 11) is 0. The van der Waals surface area contributed by atoms with Gasteiger partial charge in [0.2, 0.25) is 5.95 Å². The van der Waals surface area contributed by atoms with Crippen molar-refractivity contribution in [1.29, 1.82) is 0 Å².